The number of aliphatic hydroxyl groups is 1. The molecule has 7 atom stereocenters. The summed E-state index contributed by atoms with van der Waals surface area (Å²) in [4.78, 5) is 26.1. The topological polar surface area (TPSA) is 66.8 Å². The van der Waals surface area contributed by atoms with E-state index >= 15 is 0 Å². The smallest absolute Gasteiger partial charge is 0.306 e. The van der Waals surface area contributed by atoms with Crippen LogP contribution >= 0.6 is 0 Å². The van der Waals surface area contributed by atoms with Gasteiger partial charge in [0.2, 0.25) is 5.91 Å². The minimum Gasteiger partial charge on any atom is -0.462 e. The molecule has 5 heteroatoms. The van der Waals surface area contributed by atoms with E-state index in [1.54, 1.807) is 0 Å². The Morgan fingerprint density at radius 1 is 1.29 bits per heavy atom. The lowest BCUT2D eigenvalue weighted by Gasteiger charge is -2.48. The molecule has 0 bridgehead atoms. The maximum absolute atomic E-state index is 12.3. The number of hydrogen-bond acceptors (Lipinski definition) is 4. The Morgan fingerprint density at radius 2 is 2.10 bits per heavy atom. The molecule has 4 rings (SSSR count). The first-order valence-electron chi connectivity index (χ1n) is 8.28. The molecule has 4 fully saturated rings. The van der Waals surface area contributed by atoms with Crippen LogP contribution in [0.15, 0.2) is 0 Å². The maximum atomic E-state index is 12.3. The van der Waals surface area contributed by atoms with Crippen molar-refractivity contribution in [3.05, 3.63) is 0 Å². The summed E-state index contributed by atoms with van der Waals surface area (Å²) >= 11 is 0. The first-order chi connectivity index (χ1) is 10.1. The molecular weight excluding hydrogens is 270 g/mol. The average Bonchev–Trinajstić information content (AvgIpc) is 3.02. The van der Waals surface area contributed by atoms with Crippen LogP contribution in [0, 0.1) is 23.7 Å². The Morgan fingerprint density at radius 3 is 2.86 bits per heavy atom. The highest BCUT2D eigenvalue weighted by atomic mass is 16.6. The largest absolute Gasteiger partial charge is 0.462 e. The number of hydrogen-bond donors (Lipinski definition) is 1. The zero-order valence-corrected chi connectivity index (χ0v) is 12.4. The van der Waals surface area contributed by atoms with Crippen LogP contribution in [0.25, 0.3) is 0 Å². The van der Waals surface area contributed by atoms with Crippen LogP contribution in [0.2, 0.25) is 0 Å². The molecule has 0 aromatic carbocycles. The van der Waals surface area contributed by atoms with Gasteiger partial charge in [0, 0.05) is 36.8 Å². The number of carbonyl (C=O) groups is 2. The van der Waals surface area contributed by atoms with Gasteiger partial charge in [-0.2, -0.15) is 0 Å². The minimum absolute atomic E-state index is 0.0449. The van der Waals surface area contributed by atoms with E-state index in [1.807, 2.05) is 4.90 Å². The van der Waals surface area contributed by atoms with Crippen molar-refractivity contribution < 1.29 is 19.4 Å². The van der Waals surface area contributed by atoms with Crippen molar-refractivity contribution in [3.8, 4) is 0 Å². The van der Waals surface area contributed by atoms with E-state index in [-0.39, 0.29) is 41.8 Å². The van der Waals surface area contributed by atoms with Gasteiger partial charge in [-0.25, -0.2) is 0 Å². The SMILES string of the molecule is CC[C@H]1[C@H]2OC(=O)C[C@H]2[C@@H]2CCN3C(=O)CC[C@@H](O)[C@H]1[C@H]23. The number of fused-ring (bicyclic) bond motifs is 2. The van der Waals surface area contributed by atoms with Gasteiger partial charge in [0.15, 0.2) is 0 Å². The highest BCUT2D eigenvalue weighted by Gasteiger charge is 2.60. The van der Waals surface area contributed by atoms with Crippen LogP contribution in [0.1, 0.15) is 39.0 Å². The molecule has 1 amide bonds. The molecule has 116 valence electrons. The second kappa shape index (κ2) is 4.70. The second-order valence-electron chi connectivity index (χ2n) is 7.11. The summed E-state index contributed by atoms with van der Waals surface area (Å²) in [7, 11) is 0. The summed E-state index contributed by atoms with van der Waals surface area (Å²) < 4.78 is 5.63. The van der Waals surface area contributed by atoms with Crippen molar-refractivity contribution >= 4 is 11.9 Å². The molecule has 0 aromatic rings. The van der Waals surface area contributed by atoms with Gasteiger partial charge in [0.05, 0.1) is 12.5 Å². The van der Waals surface area contributed by atoms with Gasteiger partial charge in [-0.3, -0.25) is 9.59 Å². The van der Waals surface area contributed by atoms with Crippen molar-refractivity contribution in [3.63, 3.8) is 0 Å². The summed E-state index contributed by atoms with van der Waals surface area (Å²) in [6, 6.07) is 0.121. The summed E-state index contributed by atoms with van der Waals surface area (Å²) in [5.41, 5.74) is 0. The molecule has 4 aliphatic rings. The Balaban J connectivity index is 1.77. The number of carbonyl (C=O) groups excluding carboxylic acids is 2. The number of esters is 1. The zero-order valence-electron chi connectivity index (χ0n) is 12.4. The summed E-state index contributed by atoms with van der Waals surface area (Å²) in [6.07, 6.45) is 2.84. The first-order valence-corrected chi connectivity index (χ1v) is 8.28. The minimum atomic E-state index is -0.449. The number of nitrogens with zero attached hydrogens (tertiary/aromatic N) is 1. The predicted octanol–water partition coefficient (Wildman–Crippen LogP) is 0.946. The van der Waals surface area contributed by atoms with Crippen molar-refractivity contribution in [1.82, 2.24) is 4.90 Å². The monoisotopic (exact) mass is 293 g/mol. The van der Waals surface area contributed by atoms with Crippen LogP contribution in [0.4, 0.5) is 0 Å². The third-order valence-corrected chi connectivity index (χ3v) is 6.34. The summed E-state index contributed by atoms with van der Waals surface area (Å²) in [5, 5.41) is 10.6. The van der Waals surface area contributed by atoms with Crippen molar-refractivity contribution in [1.29, 1.82) is 0 Å². The van der Waals surface area contributed by atoms with E-state index in [2.05, 4.69) is 6.92 Å². The highest BCUT2D eigenvalue weighted by molar-refractivity contribution is 5.78. The number of aliphatic hydroxyl groups excluding tert-OH is 1. The predicted molar refractivity (Wildman–Crippen MR) is 74.1 cm³/mol. The lowest BCUT2D eigenvalue weighted by Crippen LogP contribution is -2.56. The Bertz CT molecular complexity index is 479. The molecule has 0 spiro atoms. The zero-order chi connectivity index (χ0) is 14.7. The molecule has 0 aromatic heterocycles. The highest BCUT2D eigenvalue weighted by Crippen LogP contribution is 2.53. The van der Waals surface area contributed by atoms with E-state index in [0.29, 0.717) is 25.2 Å². The van der Waals surface area contributed by atoms with Crippen LogP contribution in [-0.4, -0.2) is 46.7 Å². The summed E-state index contributed by atoms with van der Waals surface area (Å²) in [6.45, 7) is 2.89. The van der Waals surface area contributed by atoms with Crippen LogP contribution < -0.4 is 0 Å². The fourth-order valence-electron chi connectivity index (χ4n) is 5.58. The number of ether oxygens (including phenoxy) is 1. The lowest BCUT2D eigenvalue weighted by molar-refractivity contribution is -0.151. The molecule has 3 saturated heterocycles. The number of amides is 1. The normalized spacial score (nSPS) is 48.7. The van der Waals surface area contributed by atoms with Gasteiger partial charge in [0.1, 0.15) is 6.10 Å². The molecule has 1 aliphatic carbocycles. The van der Waals surface area contributed by atoms with Gasteiger partial charge in [-0.05, 0) is 25.2 Å². The molecule has 1 saturated carbocycles. The van der Waals surface area contributed by atoms with E-state index in [0.717, 1.165) is 19.4 Å². The van der Waals surface area contributed by atoms with E-state index < -0.39 is 6.10 Å². The van der Waals surface area contributed by atoms with Crippen molar-refractivity contribution in [2.45, 2.75) is 57.3 Å². The third kappa shape index (κ3) is 1.79. The fraction of sp³-hybridized carbons (Fsp3) is 0.875. The molecule has 0 radical (unpaired) electrons. The summed E-state index contributed by atoms with van der Waals surface area (Å²) in [5.74, 6) is 0.907. The fourth-order valence-corrected chi connectivity index (χ4v) is 5.58. The maximum Gasteiger partial charge on any atom is 0.306 e. The second-order valence-corrected chi connectivity index (χ2v) is 7.11. The Hall–Kier alpha value is -1.10. The van der Waals surface area contributed by atoms with Gasteiger partial charge in [0.25, 0.3) is 0 Å². The van der Waals surface area contributed by atoms with E-state index in [4.69, 9.17) is 4.74 Å². The molecule has 5 nitrogen and oxygen atoms in total. The van der Waals surface area contributed by atoms with Gasteiger partial charge < -0.3 is 14.7 Å². The van der Waals surface area contributed by atoms with Crippen LogP contribution in [0.3, 0.4) is 0 Å². The number of rotatable bonds is 1. The average molecular weight is 293 g/mol. The molecule has 1 N–H and O–H groups in total. The van der Waals surface area contributed by atoms with Crippen molar-refractivity contribution in [2.24, 2.45) is 23.7 Å². The first kappa shape index (κ1) is 13.6. The molecule has 3 aliphatic heterocycles. The molecule has 21 heavy (non-hydrogen) atoms. The standard InChI is InChI=1S/C16H23NO4/c1-2-8-14-11(18)3-4-12(19)17-6-5-9(15(14)17)10-7-13(20)21-16(8)10/h8-11,14-16,18H,2-7H2,1H3/t8-,9+,10+,11-,14+,15+,16-/m1/s1. The lowest BCUT2D eigenvalue weighted by atomic mass is 9.61. The van der Waals surface area contributed by atoms with Gasteiger partial charge >= 0.3 is 5.97 Å². The Kier molecular flexibility index (Phi) is 3.03. The third-order valence-electron chi connectivity index (χ3n) is 6.34. The van der Waals surface area contributed by atoms with Gasteiger partial charge in [-0.1, -0.05) is 6.92 Å². The van der Waals surface area contributed by atoms with Crippen LogP contribution in [-0.2, 0) is 14.3 Å². The van der Waals surface area contributed by atoms with Gasteiger partial charge in [-0.15, -0.1) is 0 Å². The molecule has 0 unspecified atom stereocenters. The van der Waals surface area contributed by atoms with Crippen LogP contribution in [0.5, 0.6) is 0 Å². The van der Waals surface area contributed by atoms with E-state index in [1.165, 1.54) is 0 Å². The van der Waals surface area contributed by atoms with E-state index in [9.17, 15) is 14.7 Å². The quantitative estimate of drug-likeness (QED) is 0.731. The molecular formula is C16H23NO4. The van der Waals surface area contributed by atoms with Crippen molar-refractivity contribution in [2.75, 3.05) is 6.54 Å². The molecule has 3 heterocycles. The Labute approximate surface area is 124 Å².